The fourth-order valence-corrected chi connectivity index (χ4v) is 2.32. The summed E-state index contributed by atoms with van der Waals surface area (Å²) in [6.07, 6.45) is -0.549. The molecule has 0 unspecified atom stereocenters. The molecular formula is C18H23NO8. The molecule has 0 radical (unpaired) electrons. The summed E-state index contributed by atoms with van der Waals surface area (Å²) in [5.74, 6) is -2.10. The maximum Gasteiger partial charge on any atom is 0.344 e. The third kappa shape index (κ3) is 5.19. The van der Waals surface area contributed by atoms with Gasteiger partial charge >= 0.3 is 11.9 Å². The Morgan fingerprint density at radius 2 is 1.44 bits per heavy atom. The second kappa shape index (κ2) is 10.1. The lowest BCUT2D eigenvalue weighted by Crippen LogP contribution is -2.60. The minimum absolute atomic E-state index is 0.0539. The van der Waals surface area contributed by atoms with Crippen molar-refractivity contribution >= 4 is 24.1 Å². The Morgan fingerprint density at radius 3 is 1.81 bits per heavy atom. The predicted molar refractivity (Wildman–Crippen MR) is 93.7 cm³/mol. The molecule has 27 heavy (non-hydrogen) atoms. The zero-order valence-corrected chi connectivity index (χ0v) is 15.7. The van der Waals surface area contributed by atoms with Crippen molar-refractivity contribution in [2.45, 2.75) is 25.8 Å². The number of ether oxygens (including phenoxy) is 4. The first-order valence-electron chi connectivity index (χ1n) is 8.20. The molecule has 0 aliphatic rings. The van der Waals surface area contributed by atoms with E-state index in [4.69, 9.17) is 18.9 Å². The van der Waals surface area contributed by atoms with E-state index in [2.05, 4.69) is 5.32 Å². The Hall–Kier alpha value is -3.10. The fraction of sp³-hybridized carbons (Fsp3) is 0.444. The van der Waals surface area contributed by atoms with Crippen molar-refractivity contribution in [3.63, 3.8) is 0 Å². The van der Waals surface area contributed by atoms with Crippen molar-refractivity contribution in [1.82, 2.24) is 5.32 Å². The van der Waals surface area contributed by atoms with Crippen LogP contribution < -0.4 is 14.8 Å². The van der Waals surface area contributed by atoms with Crippen molar-refractivity contribution in [3.8, 4) is 11.5 Å². The number of rotatable bonds is 11. The zero-order valence-electron chi connectivity index (χ0n) is 15.7. The molecule has 0 atom stereocenters. The molecule has 0 aliphatic carbocycles. The number of amides is 1. The Bertz CT molecular complexity index is 660. The molecule has 0 spiro atoms. The summed E-state index contributed by atoms with van der Waals surface area (Å²) in [4.78, 5) is 48.8. The topological polar surface area (TPSA) is 117 Å². The standard InChI is InChI=1S/C18H23NO8/c1-5-26-16(22)18(19-11-20,17(23)27-6-2)10-15(21)12-7-13(24-3)9-14(8-12)25-4/h7-9,11H,5-6,10H2,1-4H3,(H,19,20). The molecule has 1 aromatic carbocycles. The lowest BCUT2D eigenvalue weighted by molar-refractivity contribution is -0.167. The Morgan fingerprint density at radius 1 is 0.963 bits per heavy atom. The number of carbonyl (C=O) groups excluding carboxylic acids is 4. The monoisotopic (exact) mass is 381 g/mol. The van der Waals surface area contributed by atoms with Gasteiger partial charge in [-0.1, -0.05) is 0 Å². The maximum atomic E-state index is 12.8. The number of methoxy groups -OCH3 is 2. The number of esters is 2. The SMILES string of the molecule is CCOC(=O)C(CC(=O)c1cc(OC)cc(OC)c1)(NC=O)C(=O)OCC. The van der Waals surface area contributed by atoms with Crippen molar-refractivity contribution in [2.75, 3.05) is 27.4 Å². The van der Waals surface area contributed by atoms with Crippen LogP contribution in [0, 0.1) is 0 Å². The first-order chi connectivity index (χ1) is 12.9. The molecule has 0 saturated carbocycles. The summed E-state index contributed by atoms with van der Waals surface area (Å²) in [5.41, 5.74) is -2.17. The van der Waals surface area contributed by atoms with Gasteiger partial charge in [-0.25, -0.2) is 9.59 Å². The van der Waals surface area contributed by atoms with Crippen molar-refractivity contribution in [1.29, 1.82) is 0 Å². The number of benzene rings is 1. The van der Waals surface area contributed by atoms with E-state index < -0.39 is 29.7 Å². The minimum atomic E-state index is -2.29. The van der Waals surface area contributed by atoms with Crippen LogP contribution >= 0.6 is 0 Å². The van der Waals surface area contributed by atoms with Gasteiger partial charge in [0.1, 0.15) is 11.5 Å². The van der Waals surface area contributed by atoms with E-state index in [0.717, 1.165) is 0 Å². The number of ketones is 1. The van der Waals surface area contributed by atoms with Crippen LogP contribution in [-0.4, -0.2) is 57.1 Å². The van der Waals surface area contributed by atoms with Gasteiger partial charge in [-0.15, -0.1) is 0 Å². The molecule has 0 saturated heterocycles. The molecular weight excluding hydrogens is 358 g/mol. The van der Waals surface area contributed by atoms with Gasteiger partial charge < -0.3 is 24.3 Å². The van der Waals surface area contributed by atoms with Crippen LogP contribution in [0.2, 0.25) is 0 Å². The second-order valence-electron chi connectivity index (χ2n) is 5.31. The highest BCUT2D eigenvalue weighted by Crippen LogP contribution is 2.26. The van der Waals surface area contributed by atoms with E-state index in [9.17, 15) is 19.2 Å². The summed E-state index contributed by atoms with van der Waals surface area (Å²) in [5, 5.41) is 2.11. The van der Waals surface area contributed by atoms with E-state index in [1.165, 1.54) is 40.2 Å². The molecule has 0 fully saturated rings. The number of hydrogen-bond donors (Lipinski definition) is 1. The van der Waals surface area contributed by atoms with E-state index in [0.29, 0.717) is 11.5 Å². The van der Waals surface area contributed by atoms with Gasteiger partial charge in [-0.05, 0) is 26.0 Å². The molecule has 9 heteroatoms. The van der Waals surface area contributed by atoms with Crippen LogP contribution in [0.4, 0.5) is 0 Å². The predicted octanol–water partition coefficient (Wildman–Crippen LogP) is 0.888. The molecule has 1 N–H and O–H groups in total. The lowest BCUT2D eigenvalue weighted by Gasteiger charge is -2.27. The number of carbonyl (C=O) groups is 4. The van der Waals surface area contributed by atoms with Crippen LogP contribution in [0.1, 0.15) is 30.6 Å². The van der Waals surface area contributed by atoms with Gasteiger partial charge in [0.05, 0.1) is 33.9 Å². The molecule has 0 bridgehead atoms. The molecule has 0 aliphatic heterocycles. The molecule has 148 valence electrons. The summed E-state index contributed by atoms with van der Waals surface area (Å²) in [6, 6.07) is 4.41. The second-order valence-corrected chi connectivity index (χ2v) is 5.31. The average Bonchev–Trinajstić information content (AvgIpc) is 2.67. The van der Waals surface area contributed by atoms with E-state index in [-0.39, 0.29) is 25.2 Å². The fourth-order valence-electron chi connectivity index (χ4n) is 2.32. The number of hydrogen-bond acceptors (Lipinski definition) is 8. The van der Waals surface area contributed by atoms with Crippen molar-refractivity contribution < 1.29 is 38.1 Å². The van der Waals surface area contributed by atoms with Crippen LogP contribution in [0.5, 0.6) is 11.5 Å². The van der Waals surface area contributed by atoms with Gasteiger partial charge in [-0.2, -0.15) is 0 Å². The molecule has 1 amide bonds. The first-order valence-corrected chi connectivity index (χ1v) is 8.20. The Labute approximate surface area is 156 Å². The number of nitrogens with one attached hydrogen (secondary N) is 1. The summed E-state index contributed by atoms with van der Waals surface area (Å²) in [6.45, 7) is 2.95. The molecule has 1 aromatic rings. The normalized spacial score (nSPS) is 10.5. The maximum absolute atomic E-state index is 12.8. The van der Waals surface area contributed by atoms with Gasteiger partial charge in [0.15, 0.2) is 5.78 Å². The van der Waals surface area contributed by atoms with Gasteiger partial charge in [0.2, 0.25) is 11.9 Å². The summed E-state index contributed by atoms with van der Waals surface area (Å²) in [7, 11) is 2.83. The molecule has 1 rings (SSSR count). The zero-order chi connectivity index (χ0) is 20.4. The van der Waals surface area contributed by atoms with Crippen molar-refractivity contribution in [3.05, 3.63) is 23.8 Å². The Kier molecular flexibility index (Phi) is 8.25. The molecule has 0 aromatic heterocycles. The molecule has 9 nitrogen and oxygen atoms in total. The highest BCUT2D eigenvalue weighted by atomic mass is 16.6. The summed E-state index contributed by atoms with van der Waals surface area (Å²) < 4.78 is 20.0. The molecule has 0 heterocycles. The van der Waals surface area contributed by atoms with Crippen LogP contribution in [0.3, 0.4) is 0 Å². The van der Waals surface area contributed by atoms with Crippen LogP contribution in [0.15, 0.2) is 18.2 Å². The van der Waals surface area contributed by atoms with Gasteiger partial charge in [0.25, 0.3) is 0 Å². The highest BCUT2D eigenvalue weighted by molar-refractivity contribution is 6.12. The first kappa shape index (κ1) is 21.9. The third-order valence-electron chi connectivity index (χ3n) is 3.65. The van der Waals surface area contributed by atoms with E-state index in [1.54, 1.807) is 6.07 Å². The lowest BCUT2D eigenvalue weighted by atomic mass is 9.90. The van der Waals surface area contributed by atoms with Crippen LogP contribution in [-0.2, 0) is 23.9 Å². The highest BCUT2D eigenvalue weighted by Gasteiger charge is 2.50. The van der Waals surface area contributed by atoms with Gasteiger partial charge in [-0.3, -0.25) is 9.59 Å². The minimum Gasteiger partial charge on any atom is -0.497 e. The van der Waals surface area contributed by atoms with E-state index >= 15 is 0 Å². The van der Waals surface area contributed by atoms with Crippen molar-refractivity contribution in [2.24, 2.45) is 0 Å². The van der Waals surface area contributed by atoms with E-state index in [1.807, 2.05) is 0 Å². The quantitative estimate of drug-likeness (QED) is 0.260. The van der Waals surface area contributed by atoms with Gasteiger partial charge in [0, 0.05) is 11.6 Å². The Balaban J connectivity index is 3.35. The number of Topliss-reactive ketones (excluding diaryl/α,β-unsaturated/α-hetero) is 1. The third-order valence-corrected chi connectivity index (χ3v) is 3.65. The average molecular weight is 381 g/mol. The van der Waals surface area contributed by atoms with Crippen LogP contribution in [0.25, 0.3) is 0 Å². The smallest absolute Gasteiger partial charge is 0.344 e. The largest absolute Gasteiger partial charge is 0.497 e. The summed E-state index contributed by atoms with van der Waals surface area (Å²) >= 11 is 0.